The van der Waals surface area contributed by atoms with E-state index in [-0.39, 0.29) is 22.7 Å². The number of thiazole rings is 1. The predicted octanol–water partition coefficient (Wildman–Crippen LogP) is 4.35. The van der Waals surface area contributed by atoms with Crippen molar-refractivity contribution in [1.29, 1.82) is 0 Å². The summed E-state index contributed by atoms with van der Waals surface area (Å²) < 4.78 is 26.1. The van der Waals surface area contributed by atoms with Crippen LogP contribution in [0.15, 0.2) is 65.7 Å². The van der Waals surface area contributed by atoms with E-state index >= 15 is 0 Å². The third-order valence-electron chi connectivity index (χ3n) is 8.05. The number of amides is 2. The van der Waals surface area contributed by atoms with E-state index in [4.69, 9.17) is 0 Å². The van der Waals surface area contributed by atoms with Gasteiger partial charge in [-0.2, -0.15) is 0 Å². The van der Waals surface area contributed by atoms with Crippen LogP contribution in [0.5, 0.6) is 0 Å². The van der Waals surface area contributed by atoms with Gasteiger partial charge in [0, 0.05) is 23.3 Å². The molecular formula is C32H40N4O6S2. The zero-order valence-electron chi connectivity index (χ0n) is 25.2. The summed E-state index contributed by atoms with van der Waals surface area (Å²) in [7, 11) is -4.08. The number of rotatable bonds is 12. The van der Waals surface area contributed by atoms with Gasteiger partial charge in [-0.1, -0.05) is 62.4 Å². The molecule has 0 aliphatic heterocycles. The van der Waals surface area contributed by atoms with E-state index in [1.165, 1.54) is 62.1 Å². The Bertz CT molecular complexity index is 1500. The summed E-state index contributed by atoms with van der Waals surface area (Å²) in [6.45, 7) is 4.56. The van der Waals surface area contributed by atoms with E-state index in [0.29, 0.717) is 6.42 Å². The van der Waals surface area contributed by atoms with Crippen molar-refractivity contribution in [3.05, 3.63) is 82.6 Å². The third kappa shape index (κ3) is 7.96. The van der Waals surface area contributed by atoms with Crippen molar-refractivity contribution in [2.24, 2.45) is 5.92 Å². The summed E-state index contributed by atoms with van der Waals surface area (Å²) >= 11 is 1.21. The molecule has 12 heteroatoms. The van der Waals surface area contributed by atoms with E-state index in [1.807, 2.05) is 0 Å². The fourth-order valence-corrected chi connectivity index (χ4v) is 7.65. The van der Waals surface area contributed by atoms with Crippen molar-refractivity contribution >= 4 is 38.8 Å². The highest BCUT2D eigenvalue weighted by Crippen LogP contribution is 2.33. The van der Waals surface area contributed by atoms with Crippen LogP contribution in [0.2, 0.25) is 0 Å². The lowest BCUT2D eigenvalue weighted by Crippen LogP contribution is -2.52. The van der Waals surface area contributed by atoms with Gasteiger partial charge in [0.2, 0.25) is 11.8 Å². The number of hydrogen-bond acceptors (Lipinski definition) is 9. The molecule has 4 rings (SSSR count). The van der Waals surface area contributed by atoms with Crippen molar-refractivity contribution in [3.8, 4) is 0 Å². The van der Waals surface area contributed by atoms with E-state index in [1.54, 1.807) is 35.7 Å². The number of Topliss-reactive ketones (excluding diaryl/α,β-unsaturated/α-hetero) is 1. The van der Waals surface area contributed by atoms with Gasteiger partial charge in [-0.15, -0.1) is 11.3 Å². The van der Waals surface area contributed by atoms with Crippen LogP contribution in [0.4, 0.5) is 0 Å². The fraction of sp³-hybridized carbons (Fsp3) is 0.469. The van der Waals surface area contributed by atoms with E-state index in [0.717, 1.165) is 32.1 Å². The van der Waals surface area contributed by atoms with Crippen LogP contribution < -0.4 is 10.6 Å². The van der Waals surface area contributed by atoms with Crippen LogP contribution in [0.25, 0.3) is 0 Å². The van der Waals surface area contributed by atoms with Crippen molar-refractivity contribution in [3.63, 3.8) is 0 Å². The molecule has 1 saturated carbocycles. The topological polar surface area (TPSA) is 155 Å². The Morgan fingerprint density at radius 3 is 2.23 bits per heavy atom. The number of carbonyl (C=O) groups is 3. The van der Waals surface area contributed by atoms with Gasteiger partial charge in [0.1, 0.15) is 6.10 Å². The Morgan fingerprint density at radius 1 is 0.977 bits per heavy atom. The van der Waals surface area contributed by atoms with Gasteiger partial charge in [-0.3, -0.25) is 19.4 Å². The predicted molar refractivity (Wildman–Crippen MR) is 169 cm³/mol. The lowest BCUT2D eigenvalue weighted by atomic mass is 9.82. The smallest absolute Gasteiger partial charge is 0.249 e. The number of aliphatic hydroxyl groups is 1. The van der Waals surface area contributed by atoms with Gasteiger partial charge in [-0.05, 0) is 50.8 Å². The van der Waals surface area contributed by atoms with Crippen molar-refractivity contribution in [2.45, 2.75) is 87.5 Å². The standard InChI is InChI=1S/C32H40N4O6S2/c1-32(2,3)44(41,42)29(23-12-8-5-9-13-23)31(40)36-26(25-19-43-20-34-25)30(39)35-24(18-21-10-6-4-7-11-21)28(38)27(37)22-14-16-33-17-15-22/h5,8-9,12-17,19-21,24,26,28-29,38H,4,6-7,10-11,18H2,1-3H3,(H,35,39)(H,36,40). The number of aromatic nitrogens is 2. The summed E-state index contributed by atoms with van der Waals surface area (Å²) in [5.74, 6) is -1.94. The van der Waals surface area contributed by atoms with Gasteiger partial charge in [0.25, 0.3) is 0 Å². The van der Waals surface area contributed by atoms with Crippen LogP contribution in [-0.4, -0.2) is 58.0 Å². The molecule has 2 aromatic heterocycles. The highest BCUT2D eigenvalue weighted by Gasteiger charge is 2.44. The highest BCUT2D eigenvalue weighted by molar-refractivity contribution is 7.93. The zero-order chi connectivity index (χ0) is 31.9. The summed E-state index contributed by atoms with van der Waals surface area (Å²) in [6.07, 6.45) is 6.73. The van der Waals surface area contributed by atoms with Crippen LogP contribution in [0, 0.1) is 5.92 Å². The van der Waals surface area contributed by atoms with Crippen molar-refractivity contribution < 1.29 is 27.9 Å². The molecule has 1 aliphatic rings. The lowest BCUT2D eigenvalue weighted by molar-refractivity contribution is -0.130. The van der Waals surface area contributed by atoms with Gasteiger partial charge in [0.15, 0.2) is 26.9 Å². The number of nitrogens with zero attached hydrogens (tertiary/aromatic N) is 2. The first kappa shape index (κ1) is 33.4. The number of nitrogens with one attached hydrogen (secondary N) is 2. The first-order valence-electron chi connectivity index (χ1n) is 14.8. The minimum atomic E-state index is -4.08. The average molecular weight is 641 g/mol. The van der Waals surface area contributed by atoms with Gasteiger partial charge < -0.3 is 15.7 Å². The molecule has 3 N–H and O–H groups in total. The first-order chi connectivity index (χ1) is 20.9. The number of sulfone groups is 1. The normalized spacial score (nSPS) is 17.2. The Labute approximate surface area is 262 Å². The van der Waals surface area contributed by atoms with Gasteiger partial charge in [0.05, 0.1) is 22.0 Å². The molecule has 2 amide bonds. The Balaban J connectivity index is 1.64. The van der Waals surface area contributed by atoms with E-state index in [2.05, 4.69) is 20.6 Å². The quantitative estimate of drug-likeness (QED) is 0.247. The minimum absolute atomic E-state index is 0.195. The number of aliphatic hydroxyl groups excluding tert-OH is 1. The maximum absolute atomic E-state index is 14.0. The molecule has 0 saturated heterocycles. The number of pyridine rings is 1. The number of ketones is 1. The Hall–Kier alpha value is -3.48. The summed E-state index contributed by atoms with van der Waals surface area (Å²) in [5, 5.41) is 16.8. The van der Waals surface area contributed by atoms with Crippen LogP contribution >= 0.6 is 11.3 Å². The molecular weight excluding hydrogens is 601 g/mol. The van der Waals surface area contributed by atoms with Crippen molar-refractivity contribution in [2.75, 3.05) is 0 Å². The SMILES string of the molecule is CC(C)(C)S(=O)(=O)C(C(=O)NC(C(=O)NC(CC1CCCCC1)C(O)C(=O)c1ccncc1)c1cscn1)c1ccccc1. The first-order valence-corrected chi connectivity index (χ1v) is 17.3. The molecule has 1 aromatic carbocycles. The van der Waals surface area contributed by atoms with Crippen LogP contribution in [0.3, 0.4) is 0 Å². The number of benzene rings is 1. The van der Waals surface area contributed by atoms with Gasteiger partial charge >= 0.3 is 0 Å². The maximum atomic E-state index is 14.0. The minimum Gasteiger partial charge on any atom is -0.383 e. The summed E-state index contributed by atoms with van der Waals surface area (Å²) in [6, 6.07) is 8.83. The molecule has 1 fully saturated rings. The Morgan fingerprint density at radius 2 is 1.64 bits per heavy atom. The molecule has 1 aliphatic carbocycles. The van der Waals surface area contributed by atoms with E-state index in [9.17, 15) is 27.9 Å². The monoisotopic (exact) mass is 640 g/mol. The molecule has 10 nitrogen and oxygen atoms in total. The van der Waals surface area contributed by atoms with Crippen LogP contribution in [0.1, 0.15) is 92.2 Å². The molecule has 3 aromatic rings. The number of hydrogen-bond donors (Lipinski definition) is 3. The average Bonchev–Trinajstić information content (AvgIpc) is 3.54. The third-order valence-corrected chi connectivity index (χ3v) is 11.5. The van der Waals surface area contributed by atoms with E-state index < -0.39 is 55.6 Å². The molecule has 0 radical (unpaired) electrons. The molecule has 2 heterocycles. The summed E-state index contributed by atoms with van der Waals surface area (Å²) in [4.78, 5) is 49.3. The van der Waals surface area contributed by atoms with Gasteiger partial charge in [-0.25, -0.2) is 13.4 Å². The Kier molecular flexibility index (Phi) is 11.0. The maximum Gasteiger partial charge on any atom is 0.249 e. The lowest BCUT2D eigenvalue weighted by Gasteiger charge is -2.31. The number of carbonyl (C=O) groups excluding carboxylic acids is 3. The van der Waals surface area contributed by atoms with Crippen LogP contribution in [-0.2, 0) is 19.4 Å². The highest BCUT2D eigenvalue weighted by atomic mass is 32.2. The molecule has 4 unspecified atom stereocenters. The second-order valence-electron chi connectivity index (χ2n) is 12.2. The molecule has 44 heavy (non-hydrogen) atoms. The molecule has 0 bridgehead atoms. The second kappa shape index (κ2) is 14.5. The molecule has 4 atom stereocenters. The van der Waals surface area contributed by atoms with Crippen molar-refractivity contribution in [1.82, 2.24) is 20.6 Å². The second-order valence-corrected chi connectivity index (χ2v) is 15.7. The zero-order valence-corrected chi connectivity index (χ0v) is 26.8. The summed E-state index contributed by atoms with van der Waals surface area (Å²) in [5.41, 5.74) is 2.25. The molecule has 0 spiro atoms. The molecule has 236 valence electrons. The largest absolute Gasteiger partial charge is 0.383 e. The fourth-order valence-electron chi connectivity index (χ4n) is 5.49.